The van der Waals surface area contributed by atoms with Gasteiger partial charge in [0, 0.05) is 6.92 Å². The summed E-state index contributed by atoms with van der Waals surface area (Å²) in [6.45, 7) is 2.10. The number of fused-ring (bicyclic) bond motifs is 1. The molecule has 1 heterocycles. The molecule has 0 saturated heterocycles. The van der Waals surface area contributed by atoms with E-state index in [0.717, 1.165) is 11.3 Å². The lowest BCUT2D eigenvalue weighted by molar-refractivity contribution is -0.116. The van der Waals surface area contributed by atoms with Gasteiger partial charge in [-0.05, 0) is 24.3 Å². The number of hydrogen-bond donors (Lipinski definition) is 1. The fourth-order valence-corrected chi connectivity index (χ4v) is 2.15. The number of carbonyl (C=O) groups excluding carboxylic acids is 1. The summed E-state index contributed by atoms with van der Waals surface area (Å²) in [6.07, 6.45) is 0.262. The van der Waals surface area contributed by atoms with Crippen LogP contribution in [0.2, 0.25) is 0 Å². The highest BCUT2D eigenvalue weighted by molar-refractivity contribution is 5.98. The minimum absolute atomic E-state index is 0.127. The third-order valence-corrected chi connectivity index (χ3v) is 3.14. The number of benzene rings is 2. The summed E-state index contributed by atoms with van der Waals surface area (Å²) in [5.74, 6) is 1.20. The van der Waals surface area contributed by atoms with E-state index < -0.39 is 0 Å². The van der Waals surface area contributed by atoms with E-state index in [9.17, 15) is 4.79 Å². The van der Waals surface area contributed by atoms with Gasteiger partial charge in [0.1, 0.15) is 11.3 Å². The van der Waals surface area contributed by atoms with Crippen LogP contribution in [0.25, 0.3) is 11.1 Å². The lowest BCUT2D eigenvalue weighted by Gasteiger charge is -2.07. The Morgan fingerprint density at radius 3 is 2.82 bits per heavy atom. The van der Waals surface area contributed by atoms with Gasteiger partial charge in [0.2, 0.25) is 5.91 Å². The zero-order chi connectivity index (χ0) is 15.4. The van der Waals surface area contributed by atoms with Crippen molar-refractivity contribution in [1.29, 1.82) is 0 Å². The zero-order valence-corrected chi connectivity index (χ0v) is 12.2. The Morgan fingerprint density at radius 2 is 2.00 bits per heavy atom. The normalized spacial score (nSPS) is 10.6. The van der Waals surface area contributed by atoms with E-state index >= 15 is 0 Å². The van der Waals surface area contributed by atoms with Crippen LogP contribution in [-0.4, -0.2) is 17.5 Å². The van der Waals surface area contributed by atoms with E-state index in [0.29, 0.717) is 23.8 Å². The first-order chi connectivity index (χ1) is 10.7. The highest BCUT2D eigenvalue weighted by atomic mass is 16.5. The van der Waals surface area contributed by atoms with Crippen LogP contribution in [0.3, 0.4) is 0 Å². The van der Waals surface area contributed by atoms with E-state index in [1.165, 1.54) is 0 Å². The third-order valence-electron chi connectivity index (χ3n) is 3.14. The Morgan fingerprint density at radius 1 is 1.18 bits per heavy atom. The number of aromatic nitrogens is 1. The molecule has 0 saturated carbocycles. The van der Waals surface area contributed by atoms with Gasteiger partial charge in [0.25, 0.3) is 0 Å². The van der Waals surface area contributed by atoms with Crippen LogP contribution in [0, 0.1) is 6.92 Å². The standard InChI is InChI=1S/C17H16N2O3/c1-12-18-14-8-5-9-15(17(14)22-12)19-16(20)10-11-21-13-6-3-2-4-7-13/h2-9H,10-11H2,1H3,(H,19,20). The number of carbonyl (C=O) groups is 1. The molecule has 0 bridgehead atoms. The molecule has 0 fully saturated rings. The predicted molar refractivity (Wildman–Crippen MR) is 83.9 cm³/mol. The van der Waals surface area contributed by atoms with Crippen LogP contribution in [0.5, 0.6) is 5.75 Å². The predicted octanol–water partition coefficient (Wildman–Crippen LogP) is 3.54. The van der Waals surface area contributed by atoms with Crippen molar-refractivity contribution in [2.75, 3.05) is 11.9 Å². The zero-order valence-electron chi connectivity index (χ0n) is 12.2. The van der Waals surface area contributed by atoms with Gasteiger partial charge in [-0.1, -0.05) is 24.3 Å². The molecule has 0 atom stereocenters. The highest BCUT2D eigenvalue weighted by Crippen LogP contribution is 2.24. The summed E-state index contributed by atoms with van der Waals surface area (Å²) >= 11 is 0. The molecule has 0 spiro atoms. The second-order valence-corrected chi connectivity index (χ2v) is 4.85. The maximum absolute atomic E-state index is 12.0. The highest BCUT2D eigenvalue weighted by Gasteiger charge is 2.10. The first-order valence-electron chi connectivity index (χ1n) is 7.06. The molecule has 3 aromatic rings. The fraction of sp³-hybridized carbons (Fsp3) is 0.176. The topological polar surface area (TPSA) is 64.4 Å². The Hall–Kier alpha value is -2.82. The van der Waals surface area contributed by atoms with Gasteiger partial charge in [-0.15, -0.1) is 0 Å². The van der Waals surface area contributed by atoms with Crippen LogP contribution < -0.4 is 10.1 Å². The van der Waals surface area contributed by atoms with Gasteiger partial charge in [0.15, 0.2) is 11.5 Å². The van der Waals surface area contributed by atoms with Crippen molar-refractivity contribution < 1.29 is 13.9 Å². The first kappa shape index (κ1) is 14.1. The molecule has 112 valence electrons. The lowest BCUT2D eigenvalue weighted by Crippen LogP contribution is -2.15. The Labute approximate surface area is 127 Å². The smallest absolute Gasteiger partial charge is 0.227 e. The molecule has 0 aliphatic heterocycles. The molecule has 3 rings (SSSR count). The van der Waals surface area contributed by atoms with Crippen LogP contribution in [0.15, 0.2) is 52.9 Å². The van der Waals surface area contributed by atoms with Crippen molar-refractivity contribution in [1.82, 2.24) is 4.98 Å². The summed E-state index contributed by atoms with van der Waals surface area (Å²) < 4.78 is 11.0. The molecule has 22 heavy (non-hydrogen) atoms. The number of ether oxygens (including phenoxy) is 1. The second-order valence-electron chi connectivity index (χ2n) is 4.85. The molecule has 0 aliphatic carbocycles. The number of nitrogens with zero attached hydrogens (tertiary/aromatic N) is 1. The average Bonchev–Trinajstić information content (AvgIpc) is 2.90. The fourth-order valence-electron chi connectivity index (χ4n) is 2.15. The number of amides is 1. The maximum atomic E-state index is 12.0. The van der Waals surface area contributed by atoms with Crippen LogP contribution in [0.1, 0.15) is 12.3 Å². The molecular formula is C17H16N2O3. The monoisotopic (exact) mass is 296 g/mol. The maximum Gasteiger partial charge on any atom is 0.227 e. The summed E-state index contributed by atoms with van der Waals surface area (Å²) in [5.41, 5.74) is 1.95. The molecule has 5 heteroatoms. The summed E-state index contributed by atoms with van der Waals surface area (Å²) in [7, 11) is 0. The summed E-state index contributed by atoms with van der Waals surface area (Å²) in [6, 6.07) is 14.9. The molecule has 1 aromatic heterocycles. The van der Waals surface area contributed by atoms with Gasteiger partial charge in [0.05, 0.1) is 18.7 Å². The van der Waals surface area contributed by atoms with Crippen molar-refractivity contribution >= 4 is 22.7 Å². The van der Waals surface area contributed by atoms with Gasteiger partial charge >= 0.3 is 0 Å². The van der Waals surface area contributed by atoms with Crippen LogP contribution in [0.4, 0.5) is 5.69 Å². The van der Waals surface area contributed by atoms with E-state index in [4.69, 9.17) is 9.15 Å². The van der Waals surface area contributed by atoms with Crippen molar-refractivity contribution in [2.24, 2.45) is 0 Å². The number of hydrogen-bond acceptors (Lipinski definition) is 4. The van der Waals surface area contributed by atoms with Gasteiger partial charge in [-0.25, -0.2) is 4.98 Å². The molecule has 0 aliphatic rings. The van der Waals surface area contributed by atoms with E-state index in [1.54, 1.807) is 13.0 Å². The van der Waals surface area contributed by atoms with E-state index in [1.807, 2.05) is 42.5 Å². The van der Waals surface area contributed by atoms with Gasteiger partial charge < -0.3 is 14.5 Å². The summed E-state index contributed by atoms with van der Waals surface area (Å²) in [4.78, 5) is 16.2. The second kappa shape index (κ2) is 6.30. The molecule has 0 radical (unpaired) electrons. The SMILES string of the molecule is Cc1nc2cccc(NC(=O)CCOc3ccccc3)c2o1. The number of oxazole rings is 1. The van der Waals surface area contributed by atoms with Gasteiger partial charge in [-0.2, -0.15) is 0 Å². The van der Waals surface area contributed by atoms with Crippen molar-refractivity contribution in [3.8, 4) is 5.75 Å². The molecule has 2 aromatic carbocycles. The number of aryl methyl sites for hydroxylation is 1. The number of para-hydroxylation sites is 2. The van der Waals surface area contributed by atoms with Crippen LogP contribution >= 0.6 is 0 Å². The number of anilines is 1. The number of rotatable bonds is 5. The Bertz CT molecular complexity index is 781. The quantitative estimate of drug-likeness (QED) is 0.782. The van der Waals surface area contributed by atoms with Crippen molar-refractivity contribution in [3.05, 3.63) is 54.4 Å². The van der Waals surface area contributed by atoms with E-state index in [-0.39, 0.29) is 12.3 Å². The molecule has 1 N–H and O–H groups in total. The third kappa shape index (κ3) is 3.25. The summed E-state index contributed by atoms with van der Waals surface area (Å²) in [5, 5.41) is 2.83. The van der Waals surface area contributed by atoms with Crippen LogP contribution in [-0.2, 0) is 4.79 Å². The first-order valence-corrected chi connectivity index (χ1v) is 7.06. The van der Waals surface area contributed by atoms with E-state index in [2.05, 4.69) is 10.3 Å². The minimum Gasteiger partial charge on any atom is -0.493 e. The lowest BCUT2D eigenvalue weighted by atomic mass is 10.2. The molecular weight excluding hydrogens is 280 g/mol. The van der Waals surface area contributed by atoms with Crippen molar-refractivity contribution in [3.63, 3.8) is 0 Å². The van der Waals surface area contributed by atoms with Gasteiger partial charge in [-0.3, -0.25) is 4.79 Å². The minimum atomic E-state index is -0.127. The largest absolute Gasteiger partial charge is 0.493 e. The molecule has 0 unspecified atom stereocenters. The number of nitrogens with one attached hydrogen (secondary N) is 1. The van der Waals surface area contributed by atoms with Crippen molar-refractivity contribution in [2.45, 2.75) is 13.3 Å². The average molecular weight is 296 g/mol. The Kier molecular flexibility index (Phi) is 4.05. The molecule has 5 nitrogen and oxygen atoms in total. The Balaban J connectivity index is 1.59. The molecule has 1 amide bonds.